The van der Waals surface area contributed by atoms with Gasteiger partial charge in [0.15, 0.2) is 5.82 Å². The van der Waals surface area contributed by atoms with E-state index in [1.807, 2.05) is 17.9 Å². The number of hydrogen-bond donors (Lipinski definition) is 1. The number of fused-ring (bicyclic) bond motifs is 2. The molecule has 0 radical (unpaired) electrons. The summed E-state index contributed by atoms with van der Waals surface area (Å²) in [6.07, 6.45) is -3.33. The summed E-state index contributed by atoms with van der Waals surface area (Å²) < 4.78 is 46.0. The number of aromatic nitrogens is 5. The van der Waals surface area contributed by atoms with Crippen LogP contribution in [0.5, 0.6) is 6.01 Å². The van der Waals surface area contributed by atoms with Crippen molar-refractivity contribution >= 4 is 33.8 Å². The number of alkyl halides is 3. The highest BCUT2D eigenvalue weighted by atomic mass is 32.1. The Labute approximate surface area is 172 Å². The first-order chi connectivity index (χ1) is 14.4. The van der Waals surface area contributed by atoms with E-state index in [9.17, 15) is 18.0 Å². The van der Waals surface area contributed by atoms with E-state index in [1.54, 1.807) is 0 Å². The van der Waals surface area contributed by atoms with Crippen LogP contribution in [0.2, 0.25) is 0 Å². The second kappa shape index (κ2) is 8.05. The third kappa shape index (κ3) is 4.01. The van der Waals surface area contributed by atoms with E-state index >= 15 is 0 Å². The van der Waals surface area contributed by atoms with Gasteiger partial charge in [-0.05, 0) is 19.4 Å². The highest BCUT2D eigenvalue weighted by Gasteiger charge is 2.39. The Bertz CT molecular complexity index is 1070. The van der Waals surface area contributed by atoms with E-state index in [-0.39, 0.29) is 24.9 Å². The van der Waals surface area contributed by atoms with Gasteiger partial charge >= 0.3 is 12.2 Å². The van der Waals surface area contributed by atoms with Crippen LogP contribution in [0.15, 0.2) is 6.07 Å². The second-order valence-electron chi connectivity index (χ2n) is 6.69. The number of anilines is 1. The molecule has 0 unspecified atom stereocenters. The van der Waals surface area contributed by atoms with Crippen molar-refractivity contribution in [3.63, 3.8) is 0 Å². The molecule has 0 aliphatic carbocycles. The molecule has 30 heavy (non-hydrogen) atoms. The number of carbonyl (C=O) groups excluding carboxylic acids is 1. The molecule has 0 atom stereocenters. The molecular formula is C17H18F3N7O2S. The molecule has 4 rings (SSSR count). The predicted molar refractivity (Wildman–Crippen MR) is 102 cm³/mol. The average molecular weight is 441 g/mol. The van der Waals surface area contributed by atoms with E-state index < -0.39 is 12.0 Å². The molecule has 1 N–H and O–H groups in total. The SMILES string of the molecule is Cc1cc2c(N3CCn4c(nnc4C(F)(F)F)C3)nc(OCCCNC=O)nc2s1. The molecule has 13 heteroatoms. The molecular weight excluding hydrogens is 423 g/mol. The van der Waals surface area contributed by atoms with E-state index in [0.717, 1.165) is 19.7 Å². The van der Waals surface area contributed by atoms with Crippen molar-refractivity contribution < 1.29 is 22.7 Å². The molecule has 0 saturated heterocycles. The lowest BCUT2D eigenvalue weighted by Gasteiger charge is -2.29. The fraction of sp³-hybridized carbons (Fsp3) is 0.471. The van der Waals surface area contributed by atoms with Gasteiger partial charge in [-0.2, -0.15) is 23.1 Å². The maximum absolute atomic E-state index is 13.1. The molecule has 4 heterocycles. The molecule has 0 spiro atoms. The van der Waals surface area contributed by atoms with Crippen LogP contribution in [-0.4, -0.2) is 50.8 Å². The summed E-state index contributed by atoms with van der Waals surface area (Å²) in [7, 11) is 0. The fourth-order valence-electron chi connectivity index (χ4n) is 3.26. The van der Waals surface area contributed by atoms with E-state index in [1.165, 1.54) is 11.3 Å². The van der Waals surface area contributed by atoms with Crippen molar-refractivity contribution in [3.8, 4) is 6.01 Å². The van der Waals surface area contributed by atoms with Crippen LogP contribution < -0.4 is 15.0 Å². The monoisotopic (exact) mass is 441 g/mol. The zero-order chi connectivity index (χ0) is 21.3. The molecule has 9 nitrogen and oxygen atoms in total. The van der Waals surface area contributed by atoms with E-state index in [4.69, 9.17) is 4.74 Å². The van der Waals surface area contributed by atoms with Crippen LogP contribution in [0.25, 0.3) is 10.2 Å². The lowest BCUT2D eigenvalue weighted by Crippen LogP contribution is -2.36. The first-order valence-electron chi connectivity index (χ1n) is 9.19. The third-order valence-corrected chi connectivity index (χ3v) is 5.51. The fourth-order valence-corrected chi connectivity index (χ4v) is 4.12. The highest BCUT2D eigenvalue weighted by Crippen LogP contribution is 2.35. The van der Waals surface area contributed by atoms with Crippen molar-refractivity contribution in [2.24, 2.45) is 0 Å². The van der Waals surface area contributed by atoms with Gasteiger partial charge in [0.2, 0.25) is 12.2 Å². The smallest absolute Gasteiger partial charge is 0.451 e. The summed E-state index contributed by atoms with van der Waals surface area (Å²) in [5.41, 5.74) is 0. The maximum atomic E-state index is 13.1. The number of thiophene rings is 1. The minimum absolute atomic E-state index is 0.0966. The number of ether oxygens (including phenoxy) is 1. The van der Waals surface area contributed by atoms with E-state index in [0.29, 0.717) is 38.3 Å². The number of rotatable bonds is 7. The molecule has 160 valence electrons. The molecule has 3 aromatic rings. The minimum atomic E-state index is -4.54. The quantitative estimate of drug-likeness (QED) is 0.443. The number of nitrogens with zero attached hydrogens (tertiary/aromatic N) is 6. The van der Waals surface area contributed by atoms with E-state index in [2.05, 4.69) is 25.5 Å². The second-order valence-corrected chi connectivity index (χ2v) is 7.93. The first-order valence-corrected chi connectivity index (χ1v) is 10.0. The number of halogens is 3. The van der Waals surface area contributed by atoms with Crippen molar-refractivity contribution in [1.29, 1.82) is 0 Å². The Balaban J connectivity index is 1.60. The maximum Gasteiger partial charge on any atom is 0.451 e. The summed E-state index contributed by atoms with van der Waals surface area (Å²) in [4.78, 5) is 22.9. The Morgan fingerprint density at radius 3 is 2.90 bits per heavy atom. The van der Waals surface area contributed by atoms with Crippen molar-refractivity contribution in [2.75, 3.05) is 24.6 Å². The van der Waals surface area contributed by atoms with Crippen molar-refractivity contribution in [1.82, 2.24) is 30.0 Å². The third-order valence-electron chi connectivity index (χ3n) is 4.56. The number of amides is 1. The Hall–Kier alpha value is -2.96. The average Bonchev–Trinajstić information content (AvgIpc) is 3.29. The predicted octanol–water partition coefficient (Wildman–Crippen LogP) is 2.15. The molecule has 0 aromatic carbocycles. The van der Waals surface area contributed by atoms with Crippen LogP contribution in [0.1, 0.15) is 22.9 Å². The van der Waals surface area contributed by atoms with Gasteiger partial charge in [0.1, 0.15) is 10.6 Å². The van der Waals surface area contributed by atoms with Crippen LogP contribution in [0, 0.1) is 6.92 Å². The van der Waals surface area contributed by atoms with Gasteiger partial charge in [-0.25, -0.2) is 0 Å². The molecule has 0 fully saturated rings. The van der Waals surface area contributed by atoms with Gasteiger partial charge < -0.3 is 19.5 Å². The summed E-state index contributed by atoms with van der Waals surface area (Å²) in [5.74, 6) is -0.160. The van der Waals surface area contributed by atoms with Gasteiger partial charge in [0.25, 0.3) is 0 Å². The lowest BCUT2D eigenvalue weighted by molar-refractivity contribution is -0.147. The Morgan fingerprint density at radius 1 is 1.30 bits per heavy atom. The molecule has 0 saturated carbocycles. The summed E-state index contributed by atoms with van der Waals surface area (Å²) in [5, 5.41) is 10.4. The van der Waals surface area contributed by atoms with Crippen molar-refractivity contribution in [2.45, 2.75) is 32.6 Å². The summed E-state index contributed by atoms with van der Waals surface area (Å²) in [6.45, 7) is 3.30. The van der Waals surface area contributed by atoms with Gasteiger partial charge in [-0.1, -0.05) is 0 Å². The zero-order valence-corrected chi connectivity index (χ0v) is 16.8. The Morgan fingerprint density at radius 2 is 2.13 bits per heavy atom. The lowest BCUT2D eigenvalue weighted by atomic mass is 10.3. The molecule has 1 aliphatic rings. The number of aryl methyl sites for hydroxylation is 1. The molecule has 1 aliphatic heterocycles. The summed E-state index contributed by atoms with van der Waals surface area (Å²) in [6, 6.07) is 2.14. The van der Waals surface area contributed by atoms with Gasteiger partial charge in [-0.3, -0.25) is 4.79 Å². The minimum Gasteiger partial charge on any atom is -0.463 e. The highest BCUT2D eigenvalue weighted by molar-refractivity contribution is 7.18. The molecule has 3 aromatic heterocycles. The normalized spacial score (nSPS) is 14.1. The van der Waals surface area contributed by atoms with Crippen LogP contribution in [-0.2, 0) is 24.1 Å². The number of nitrogens with one attached hydrogen (secondary N) is 1. The van der Waals surface area contributed by atoms with Gasteiger partial charge in [0, 0.05) is 24.5 Å². The largest absolute Gasteiger partial charge is 0.463 e. The molecule has 1 amide bonds. The number of hydrogen-bond acceptors (Lipinski definition) is 8. The molecule has 0 bridgehead atoms. The van der Waals surface area contributed by atoms with Gasteiger partial charge in [0.05, 0.1) is 18.5 Å². The topological polar surface area (TPSA) is 98.1 Å². The standard InChI is InChI=1S/C17H18F3N7O2S/c1-10-7-11-13(22-16(23-14(11)30-10)29-6-2-3-21-9-28)26-4-5-27-12(8-26)24-25-15(27)17(18,19)20/h7,9H,2-6,8H2,1H3,(H,21,28). The van der Waals surface area contributed by atoms with Crippen LogP contribution in [0.4, 0.5) is 19.0 Å². The van der Waals surface area contributed by atoms with Gasteiger partial charge in [-0.15, -0.1) is 21.5 Å². The summed E-state index contributed by atoms with van der Waals surface area (Å²) >= 11 is 1.49. The van der Waals surface area contributed by atoms with Crippen molar-refractivity contribution in [3.05, 3.63) is 22.6 Å². The zero-order valence-electron chi connectivity index (χ0n) is 15.9. The van der Waals surface area contributed by atoms with Crippen LogP contribution >= 0.6 is 11.3 Å². The Kier molecular flexibility index (Phi) is 5.45. The first kappa shape index (κ1) is 20.3. The number of carbonyl (C=O) groups is 1. The van der Waals surface area contributed by atoms with Crippen LogP contribution in [0.3, 0.4) is 0 Å².